The van der Waals surface area contributed by atoms with E-state index in [4.69, 9.17) is 4.74 Å². The van der Waals surface area contributed by atoms with Crippen molar-refractivity contribution in [2.45, 2.75) is 30.2 Å². The normalized spacial score (nSPS) is 32.3. The SMILES string of the molecule is O=C(N=C1S[C@@H]2CS(=O)(=O)C[C@H]2N1c1ccc(Br)cc1)[C@@H]1CCCO1. The first-order valence-corrected chi connectivity index (χ1v) is 11.6. The number of ether oxygens (including phenoxy) is 1. The summed E-state index contributed by atoms with van der Waals surface area (Å²) in [6.07, 6.45) is 1.10. The molecule has 0 spiro atoms. The van der Waals surface area contributed by atoms with Gasteiger partial charge in [0.25, 0.3) is 5.91 Å². The molecule has 0 aliphatic carbocycles. The van der Waals surface area contributed by atoms with E-state index in [2.05, 4.69) is 20.9 Å². The Morgan fingerprint density at radius 3 is 2.72 bits per heavy atom. The zero-order valence-electron chi connectivity index (χ0n) is 13.3. The first-order chi connectivity index (χ1) is 11.9. The van der Waals surface area contributed by atoms with Crippen LogP contribution in [-0.2, 0) is 19.4 Å². The van der Waals surface area contributed by atoms with Gasteiger partial charge in [-0.25, -0.2) is 8.42 Å². The fourth-order valence-corrected chi connectivity index (χ4v) is 7.59. The van der Waals surface area contributed by atoms with Gasteiger partial charge in [0, 0.05) is 22.0 Å². The fraction of sp³-hybridized carbons (Fsp3) is 0.500. The molecule has 1 aromatic carbocycles. The number of halogens is 1. The minimum Gasteiger partial charge on any atom is -0.368 e. The van der Waals surface area contributed by atoms with Gasteiger partial charge >= 0.3 is 0 Å². The maximum atomic E-state index is 12.4. The summed E-state index contributed by atoms with van der Waals surface area (Å²) in [4.78, 5) is 18.6. The van der Waals surface area contributed by atoms with Gasteiger partial charge in [0.2, 0.25) is 0 Å². The number of sulfone groups is 1. The molecule has 1 aromatic rings. The molecule has 9 heteroatoms. The summed E-state index contributed by atoms with van der Waals surface area (Å²) in [5.41, 5.74) is 0.846. The number of anilines is 1. The van der Waals surface area contributed by atoms with Crippen molar-refractivity contribution in [3.63, 3.8) is 0 Å². The van der Waals surface area contributed by atoms with E-state index >= 15 is 0 Å². The van der Waals surface area contributed by atoms with Gasteiger partial charge in [-0.1, -0.05) is 27.7 Å². The molecule has 3 saturated heterocycles. The fourth-order valence-electron chi connectivity index (χ4n) is 3.41. The standard InChI is InChI=1S/C16H17BrN2O4S2/c17-10-3-5-11(6-4-10)19-12-8-25(21,22)9-14(12)24-16(19)18-15(20)13-2-1-7-23-13/h3-6,12-14H,1-2,7-9H2/t12-,13+,14-/m1/s1. The molecule has 3 aliphatic rings. The van der Waals surface area contributed by atoms with E-state index in [0.717, 1.165) is 16.6 Å². The Morgan fingerprint density at radius 2 is 2.04 bits per heavy atom. The van der Waals surface area contributed by atoms with Gasteiger partial charge in [0.05, 0.1) is 17.5 Å². The van der Waals surface area contributed by atoms with Crippen LogP contribution in [0.15, 0.2) is 33.7 Å². The second-order valence-electron chi connectivity index (χ2n) is 6.38. The molecule has 134 valence electrons. The number of hydrogen-bond acceptors (Lipinski definition) is 5. The quantitative estimate of drug-likeness (QED) is 0.695. The minimum atomic E-state index is -3.06. The van der Waals surface area contributed by atoms with E-state index in [1.165, 1.54) is 11.8 Å². The van der Waals surface area contributed by atoms with Gasteiger partial charge in [0.15, 0.2) is 15.0 Å². The smallest absolute Gasteiger partial charge is 0.277 e. The Hall–Kier alpha value is -0.900. The van der Waals surface area contributed by atoms with Crippen LogP contribution < -0.4 is 4.90 Å². The zero-order valence-corrected chi connectivity index (χ0v) is 16.5. The van der Waals surface area contributed by atoms with Crippen LogP contribution in [0.5, 0.6) is 0 Å². The molecule has 0 N–H and O–H groups in total. The maximum Gasteiger partial charge on any atom is 0.277 e. The molecule has 25 heavy (non-hydrogen) atoms. The molecule has 3 atom stereocenters. The molecule has 3 aliphatic heterocycles. The molecule has 0 bridgehead atoms. The van der Waals surface area contributed by atoms with Gasteiger partial charge < -0.3 is 9.64 Å². The molecular formula is C16H17BrN2O4S2. The number of nitrogens with zero attached hydrogens (tertiary/aromatic N) is 2. The highest BCUT2D eigenvalue weighted by atomic mass is 79.9. The number of fused-ring (bicyclic) bond motifs is 1. The molecule has 1 amide bonds. The van der Waals surface area contributed by atoms with Gasteiger partial charge in [0.1, 0.15) is 6.10 Å². The maximum absolute atomic E-state index is 12.4. The molecule has 0 aromatic heterocycles. The van der Waals surface area contributed by atoms with Gasteiger partial charge in [-0.05, 0) is 37.1 Å². The number of carbonyl (C=O) groups excluding carboxylic acids is 1. The first-order valence-electron chi connectivity index (χ1n) is 8.09. The highest BCUT2D eigenvalue weighted by molar-refractivity contribution is 9.10. The summed E-state index contributed by atoms with van der Waals surface area (Å²) in [5.74, 6) is -0.0546. The predicted molar refractivity (Wildman–Crippen MR) is 102 cm³/mol. The van der Waals surface area contributed by atoms with Crippen LogP contribution in [0, 0.1) is 0 Å². The number of hydrogen-bond donors (Lipinski definition) is 0. The third-order valence-corrected chi connectivity index (χ3v) is 8.32. The lowest BCUT2D eigenvalue weighted by molar-refractivity contribution is -0.126. The third-order valence-electron chi connectivity index (χ3n) is 4.58. The van der Waals surface area contributed by atoms with Crippen LogP contribution in [0.3, 0.4) is 0 Å². The van der Waals surface area contributed by atoms with E-state index in [-0.39, 0.29) is 28.7 Å². The second kappa shape index (κ2) is 6.68. The second-order valence-corrected chi connectivity index (χ2v) is 10.7. The van der Waals surface area contributed by atoms with E-state index in [9.17, 15) is 13.2 Å². The molecule has 4 rings (SSSR count). The van der Waals surface area contributed by atoms with E-state index in [0.29, 0.717) is 18.2 Å². The summed E-state index contributed by atoms with van der Waals surface area (Å²) in [6.45, 7) is 0.592. The average molecular weight is 445 g/mol. The van der Waals surface area contributed by atoms with Crippen molar-refractivity contribution in [1.82, 2.24) is 0 Å². The largest absolute Gasteiger partial charge is 0.368 e. The highest BCUT2D eigenvalue weighted by Crippen LogP contribution is 2.41. The molecule has 3 heterocycles. The summed E-state index contributed by atoms with van der Waals surface area (Å²) in [5, 5.41) is 0.484. The molecule has 6 nitrogen and oxygen atoms in total. The minimum absolute atomic E-state index is 0.0911. The monoisotopic (exact) mass is 444 g/mol. The van der Waals surface area contributed by atoms with Crippen molar-refractivity contribution in [3.05, 3.63) is 28.7 Å². The number of amidine groups is 1. The lowest BCUT2D eigenvalue weighted by Gasteiger charge is -2.24. The van der Waals surface area contributed by atoms with Gasteiger partial charge in [-0.3, -0.25) is 4.79 Å². The predicted octanol–water partition coefficient (Wildman–Crippen LogP) is 2.23. The average Bonchev–Trinajstić information content (AvgIpc) is 3.23. The van der Waals surface area contributed by atoms with Gasteiger partial charge in [-0.2, -0.15) is 4.99 Å². The number of thioether (sulfide) groups is 1. The number of rotatable bonds is 2. The Morgan fingerprint density at radius 1 is 1.28 bits per heavy atom. The molecule has 0 unspecified atom stereocenters. The van der Waals surface area contributed by atoms with Crippen LogP contribution in [0.1, 0.15) is 12.8 Å². The van der Waals surface area contributed by atoms with Crippen LogP contribution >= 0.6 is 27.7 Å². The lowest BCUT2D eigenvalue weighted by atomic mass is 10.2. The summed E-state index contributed by atoms with van der Waals surface area (Å²) in [6, 6.07) is 7.42. The number of aliphatic imine (C=N–C) groups is 1. The van der Waals surface area contributed by atoms with Gasteiger partial charge in [-0.15, -0.1) is 0 Å². The van der Waals surface area contributed by atoms with Crippen LogP contribution in [0.4, 0.5) is 5.69 Å². The van der Waals surface area contributed by atoms with Crippen molar-refractivity contribution < 1.29 is 17.9 Å². The summed E-state index contributed by atoms with van der Waals surface area (Å²) < 4.78 is 30.4. The van der Waals surface area contributed by atoms with Crippen LogP contribution in [0.25, 0.3) is 0 Å². The Bertz CT molecular complexity index is 819. The first kappa shape index (κ1) is 17.5. The Balaban J connectivity index is 1.68. The summed E-state index contributed by atoms with van der Waals surface area (Å²) in [7, 11) is -3.06. The molecule has 0 saturated carbocycles. The number of carbonyl (C=O) groups is 1. The summed E-state index contributed by atoms with van der Waals surface area (Å²) >= 11 is 4.79. The topological polar surface area (TPSA) is 76.0 Å². The van der Waals surface area contributed by atoms with Crippen molar-refractivity contribution in [2.75, 3.05) is 23.0 Å². The molecule has 3 fully saturated rings. The van der Waals surface area contributed by atoms with Crippen molar-refractivity contribution >= 4 is 54.3 Å². The van der Waals surface area contributed by atoms with Crippen molar-refractivity contribution in [1.29, 1.82) is 0 Å². The van der Waals surface area contributed by atoms with Crippen LogP contribution in [0.2, 0.25) is 0 Å². The number of benzene rings is 1. The third kappa shape index (κ3) is 3.51. The van der Waals surface area contributed by atoms with E-state index in [1.54, 1.807) is 0 Å². The molecular weight excluding hydrogens is 428 g/mol. The zero-order chi connectivity index (χ0) is 17.6. The van der Waals surface area contributed by atoms with E-state index in [1.807, 2.05) is 29.2 Å². The number of amides is 1. The van der Waals surface area contributed by atoms with Crippen LogP contribution in [-0.4, -0.2) is 55.0 Å². The highest BCUT2D eigenvalue weighted by Gasteiger charge is 2.49. The van der Waals surface area contributed by atoms with Crippen molar-refractivity contribution in [2.24, 2.45) is 4.99 Å². The Kier molecular flexibility index (Phi) is 4.68. The molecule has 0 radical (unpaired) electrons. The van der Waals surface area contributed by atoms with Crippen molar-refractivity contribution in [3.8, 4) is 0 Å². The lowest BCUT2D eigenvalue weighted by Crippen LogP contribution is -2.38. The van der Waals surface area contributed by atoms with E-state index < -0.39 is 15.9 Å². The Labute approximate surface area is 159 Å².